The minimum atomic E-state index is -2.29. The van der Waals surface area contributed by atoms with E-state index < -0.39 is 10.5 Å². The molecule has 0 aromatic heterocycles. The smallest absolute Gasteiger partial charge is 0.311 e. The first-order valence-corrected chi connectivity index (χ1v) is 10.1. The maximum absolute atomic E-state index is 10.8. The highest BCUT2D eigenvalue weighted by atomic mass is 32.2. The first-order valence-electron chi connectivity index (χ1n) is 8.67. The first-order chi connectivity index (χ1) is 12.4. The zero-order valence-corrected chi connectivity index (χ0v) is 17.0. The molecule has 2 N–H and O–H groups in total. The number of hydrogen-bond donors (Lipinski definition) is 2. The fourth-order valence-electron chi connectivity index (χ4n) is 2.96. The van der Waals surface area contributed by atoms with Crippen molar-refractivity contribution in [3.63, 3.8) is 0 Å². The van der Waals surface area contributed by atoms with Gasteiger partial charge in [-0.2, -0.15) is 12.8 Å². The number of thiocarbonyl (C=S) groups is 1. The van der Waals surface area contributed by atoms with Crippen LogP contribution < -0.4 is 10.6 Å². The molecule has 6 nitrogen and oxygen atoms in total. The van der Waals surface area contributed by atoms with Crippen LogP contribution in [0, 0.1) is 11.8 Å². The summed E-state index contributed by atoms with van der Waals surface area (Å²) in [6.07, 6.45) is 3.95. The van der Waals surface area contributed by atoms with Gasteiger partial charge in [-0.3, -0.25) is 4.79 Å². The molecule has 1 saturated carbocycles. The van der Waals surface area contributed by atoms with E-state index >= 15 is 0 Å². The van der Waals surface area contributed by atoms with Gasteiger partial charge in [0.25, 0.3) is 0 Å². The van der Waals surface area contributed by atoms with Gasteiger partial charge >= 0.3 is 10.5 Å². The molecule has 0 bridgehead atoms. The molecule has 1 aromatic rings. The Bertz CT molecular complexity index is 698. The Kier molecular flexibility index (Phi) is 10.0. The summed E-state index contributed by atoms with van der Waals surface area (Å²) in [5.74, 6) is 1.41. The monoisotopic (exact) mass is 397 g/mol. The third-order valence-electron chi connectivity index (χ3n) is 4.26. The SMILES string of the molecule is CC(C)CCCC1C(N=S(=O)=O)C1c1ccccc1.CNC(=S)NC=O. The van der Waals surface area contributed by atoms with Crippen molar-refractivity contribution in [2.75, 3.05) is 7.05 Å². The molecule has 0 spiro atoms. The van der Waals surface area contributed by atoms with Crippen LogP contribution in [0.1, 0.15) is 44.6 Å². The lowest BCUT2D eigenvalue weighted by atomic mass is 10.0. The predicted octanol–water partition coefficient (Wildman–Crippen LogP) is 2.89. The third kappa shape index (κ3) is 8.05. The number of nitrogens with one attached hydrogen (secondary N) is 2. The number of nitrogens with zero attached hydrogens (tertiary/aromatic N) is 1. The summed E-state index contributed by atoms with van der Waals surface area (Å²) in [7, 11) is -0.650. The van der Waals surface area contributed by atoms with E-state index in [0.717, 1.165) is 12.8 Å². The van der Waals surface area contributed by atoms with E-state index in [0.29, 0.717) is 29.3 Å². The summed E-state index contributed by atoms with van der Waals surface area (Å²) in [6, 6.07) is 10.1. The van der Waals surface area contributed by atoms with Crippen molar-refractivity contribution in [1.29, 1.82) is 0 Å². The summed E-state index contributed by atoms with van der Waals surface area (Å²) in [6.45, 7) is 4.44. The van der Waals surface area contributed by atoms with Crippen LogP contribution in [-0.2, 0) is 15.3 Å². The van der Waals surface area contributed by atoms with E-state index in [1.807, 2.05) is 18.2 Å². The molecule has 1 aliphatic carbocycles. The lowest BCUT2D eigenvalue weighted by Crippen LogP contribution is -2.30. The molecule has 3 unspecified atom stereocenters. The van der Waals surface area contributed by atoms with E-state index in [4.69, 9.17) is 0 Å². The Morgan fingerprint density at radius 2 is 1.96 bits per heavy atom. The molecule has 1 aromatic carbocycles. The minimum Gasteiger partial charge on any atom is -0.365 e. The Morgan fingerprint density at radius 1 is 1.31 bits per heavy atom. The van der Waals surface area contributed by atoms with Gasteiger partial charge in [-0.15, -0.1) is 0 Å². The number of carbonyl (C=O) groups is 1. The highest BCUT2D eigenvalue weighted by molar-refractivity contribution is 7.80. The second-order valence-electron chi connectivity index (χ2n) is 6.58. The van der Waals surface area contributed by atoms with Crippen LogP contribution >= 0.6 is 12.2 Å². The molecular weight excluding hydrogens is 370 g/mol. The molecule has 144 valence electrons. The van der Waals surface area contributed by atoms with Gasteiger partial charge in [-0.1, -0.05) is 57.0 Å². The predicted molar refractivity (Wildman–Crippen MR) is 107 cm³/mol. The molecule has 0 aliphatic heterocycles. The average molecular weight is 398 g/mol. The third-order valence-corrected chi connectivity index (χ3v) is 4.99. The second kappa shape index (κ2) is 11.7. The highest BCUT2D eigenvalue weighted by Gasteiger charge is 2.51. The van der Waals surface area contributed by atoms with Crippen molar-refractivity contribution in [2.45, 2.75) is 45.1 Å². The zero-order valence-electron chi connectivity index (χ0n) is 15.4. The average Bonchev–Trinajstić information content (AvgIpc) is 3.27. The minimum absolute atomic E-state index is 0.0344. The van der Waals surface area contributed by atoms with Crippen molar-refractivity contribution in [1.82, 2.24) is 10.6 Å². The summed E-state index contributed by atoms with van der Waals surface area (Å²) >= 11 is 4.50. The van der Waals surface area contributed by atoms with Crippen molar-refractivity contribution >= 4 is 34.2 Å². The van der Waals surface area contributed by atoms with Gasteiger partial charge in [0.2, 0.25) is 6.41 Å². The van der Waals surface area contributed by atoms with Crippen LogP contribution in [-0.4, -0.2) is 33.0 Å². The number of rotatable bonds is 7. The van der Waals surface area contributed by atoms with Crippen molar-refractivity contribution in [3.05, 3.63) is 35.9 Å². The lowest BCUT2D eigenvalue weighted by molar-refractivity contribution is -0.108. The number of carbonyl (C=O) groups excluding carboxylic acids is 1. The van der Waals surface area contributed by atoms with Gasteiger partial charge in [-0.25, -0.2) is 0 Å². The van der Waals surface area contributed by atoms with Crippen molar-refractivity contribution < 1.29 is 13.2 Å². The maximum atomic E-state index is 10.8. The van der Waals surface area contributed by atoms with Gasteiger partial charge in [0.15, 0.2) is 5.11 Å². The van der Waals surface area contributed by atoms with Gasteiger partial charge in [0.05, 0.1) is 6.04 Å². The number of amides is 1. The topological polar surface area (TPSA) is 87.6 Å². The normalized spacial score (nSPS) is 20.4. The Morgan fingerprint density at radius 3 is 2.42 bits per heavy atom. The van der Waals surface area contributed by atoms with Crippen LogP contribution in [0.3, 0.4) is 0 Å². The van der Waals surface area contributed by atoms with Crippen molar-refractivity contribution in [2.24, 2.45) is 16.2 Å². The maximum Gasteiger partial charge on any atom is 0.311 e. The van der Waals surface area contributed by atoms with E-state index in [2.05, 4.69) is 53.2 Å². The highest BCUT2D eigenvalue weighted by Crippen LogP contribution is 2.52. The molecule has 1 aliphatic rings. The lowest BCUT2D eigenvalue weighted by Gasteiger charge is -2.03. The molecule has 1 fully saturated rings. The summed E-state index contributed by atoms with van der Waals surface area (Å²) in [4.78, 5) is 9.54. The molecule has 1 amide bonds. The Balaban J connectivity index is 0.000000412. The number of hydrogen-bond acceptors (Lipinski definition) is 5. The first kappa shape index (κ1) is 22.2. The Hall–Kier alpha value is -1.80. The van der Waals surface area contributed by atoms with E-state index in [9.17, 15) is 13.2 Å². The second-order valence-corrected chi connectivity index (χ2v) is 7.63. The summed E-state index contributed by atoms with van der Waals surface area (Å²) < 4.78 is 25.4. The van der Waals surface area contributed by atoms with Crippen molar-refractivity contribution in [3.8, 4) is 0 Å². The quantitative estimate of drug-likeness (QED) is 0.546. The summed E-state index contributed by atoms with van der Waals surface area (Å²) in [5.41, 5.74) is 1.22. The van der Waals surface area contributed by atoms with Crippen LogP contribution in [0.5, 0.6) is 0 Å². The van der Waals surface area contributed by atoms with E-state index in [1.165, 1.54) is 12.0 Å². The fraction of sp³-hybridized carbons (Fsp3) is 0.556. The molecule has 0 heterocycles. The van der Waals surface area contributed by atoms with Crippen LogP contribution in [0.15, 0.2) is 34.7 Å². The largest absolute Gasteiger partial charge is 0.365 e. The molecule has 0 radical (unpaired) electrons. The van der Waals surface area contributed by atoms with Crippen LogP contribution in [0.25, 0.3) is 0 Å². The van der Waals surface area contributed by atoms with Crippen LogP contribution in [0.2, 0.25) is 0 Å². The van der Waals surface area contributed by atoms with Crippen LogP contribution in [0.4, 0.5) is 0 Å². The molecule has 0 saturated heterocycles. The van der Waals surface area contributed by atoms with Gasteiger partial charge in [0.1, 0.15) is 0 Å². The Labute approximate surface area is 162 Å². The van der Waals surface area contributed by atoms with E-state index in [-0.39, 0.29) is 6.04 Å². The molecule has 26 heavy (non-hydrogen) atoms. The number of benzene rings is 1. The molecule has 2 rings (SSSR count). The summed E-state index contributed by atoms with van der Waals surface area (Å²) in [5, 5.41) is 5.13. The van der Waals surface area contributed by atoms with Gasteiger partial charge in [-0.05, 0) is 36.0 Å². The van der Waals surface area contributed by atoms with Gasteiger partial charge < -0.3 is 10.6 Å². The standard InChI is InChI=1S/C15H21NO2S.C3H6N2OS/c1-11(2)7-6-10-13-14(15(13)16-19(17)18)12-8-4-3-5-9-12;1-4-3(7)5-2-6/h3-5,8-9,11,13-15H,6-7,10H2,1-2H3;2H,1H3,(H2,4,5,6,7). The fourth-order valence-corrected chi connectivity index (χ4v) is 3.49. The molecule has 3 atom stereocenters. The van der Waals surface area contributed by atoms with Gasteiger partial charge in [0, 0.05) is 13.0 Å². The molecular formula is C18H27N3O3S2. The van der Waals surface area contributed by atoms with E-state index in [1.54, 1.807) is 7.05 Å². The molecule has 8 heteroatoms. The zero-order chi connectivity index (χ0) is 19.5.